The average molecular weight is 303 g/mol. The van der Waals surface area contributed by atoms with E-state index in [-0.39, 0.29) is 0 Å². The molecule has 2 rings (SSSR count). The number of nitrogens with one attached hydrogen (secondary N) is 1. The molecule has 0 bridgehead atoms. The van der Waals surface area contributed by atoms with Crippen LogP contribution >= 0.6 is 0 Å². The third-order valence-electron chi connectivity index (χ3n) is 3.70. The summed E-state index contributed by atoms with van der Waals surface area (Å²) in [5, 5.41) is 3.30. The second-order valence-corrected chi connectivity index (χ2v) is 7.53. The molecule has 0 saturated heterocycles. The first-order valence-corrected chi connectivity index (χ1v) is 8.77. The van der Waals surface area contributed by atoms with E-state index in [0.717, 1.165) is 5.69 Å². The lowest BCUT2D eigenvalue weighted by Crippen LogP contribution is -2.04. The Balaban J connectivity index is 2.19. The van der Waals surface area contributed by atoms with Crippen LogP contribution in [0, 0.1) is 20.8 Å². The Morgan fingerprint density at radius 1 is 0.952 bits per heavy atom. The zero-order valence-corrected chi connectivity index (χ0v) is 13.7. The minimum absolute atomic E-state index is 0.337. The Kier molecular flexibility index (Phi) is 4.37. The van der Waals surface area contributed by atoms with E-state index in [9.17, 15) is 8.42 Å². The molecule has 0 aliphatic carbocycles. The fourth-order valence-corrected chi connectivity index (χ4v) is 2.91. The van der Waals surface area contributed by atoms with Crippen molar-refractivity contribution in [3.8, 4) is 0 Å². The van der Waals surface area contributed by atoms with Gasteiger partial charge in [0.2, 0.25) is 0 Å². The molecule has 2 aromatic carbocycles. The number of sulfone groups is 1. The smallest absolute Gasteiger partial charge is 0.175 e. The Morgan fingerprint density at radius 3 is 2.29 bits per heavy atom. The molecular weight excluding hydrogens is 282 g/mol. The number of benzene rings is 2. The van der Waals surface area contributed by atoms with E-state index in [4.69, 9.17) is 0 Å². The van der Waals surface area contributed by atoms with Gasteiger partial charge in [0.05, 0.1) is 4.90 Å². The van der Waals surface area contributed by atoms with Gasteiger partial charge >= 0.3 is 0 Å². The molecule has 0 amide bonds. The molecule has 0 aromatic heterocycles. The van der Waals surface area contributed by atoms with E-state index in [2.05, 4.69) is 38.2 Å². The Bertz CT molecular complexity index is 764. The topological polar surface area (TPSA) is 46.2 Å². The molecule has 21 heavy (non-hydrogen) atoms. The van der Waals surface area contributed by atoms with E-state index in [1.165, 1.54) is 28.5 Å². The van der Waals surface area contributed by atoms with Gasteiger partial charge in [0, 0.05) is 18.5 Å². The van der Waals surface area contributed by atoms with Crippen molar-refractivity contribution >= 4 is 15.5 Å². The van der Waals surface area contributed by atoms with Crippen molar-refractivity contribution in [2.45, 2.75) is 32.2 Å². The predicted octanol–water partition coefficient (Wildman–Crippen LogP) is 3.63. The summed E-state index contributed by atoms with van der Waals surface area (Å²) in [5.41, 5.74) is 5.83. The monoisotopic (exact) mass is 303 g/mol. The predicted molar refractivity (Wildman–Crippen MR) is 87.5 cm³/mol. The van der Waals surface area contributed by atoms with Crippen LogP contribution in [0.1, 0.15) is 22.3 Å². The van der Waals surface area contributed by atoms with Gasteiger partial charge in [-0.25, -0.2) is 8.42 Å². The van der Waals surface area contributed by atoms with Gasteiger partial charge in [-0.05, 0) is 61.2 Å². The number of hydrogen-bond donors (Lipinski definition) is 1. The summed E-state index contributed by atoms with van der Waals surface area (Å²) in [5.74, 6) is 0. The van der Waals surface area contributed by atoms with E-state index in [0.29, 0.717) is 11.4 Å². The quantitative estimate of drug-likeness (QED) is 0.938. The van der Waals surface area contributed by atoms with Crippen LogP contribution in [-0.4, -0.2) is 14.7 Å². The summed E-state index contributed by atoms with van der Waals surface area (Å²) >= 11 is 0. The maximum Gasteiger partial charge on any atom is 0.175 e. The number of anilines is 1. The van der Waals surface area contributed by atoms with Crippen LogP contribution < -0.4 is 5.32 Å². The van der Waals surface area contributed by atoms with Gasteiger partial charge in [0.25, 0.3) is 0 Å². The van der Waals surface area contributed by atoms with Crippen LogP contribution in [0.2, 0.25) is 0 Å². The summed E-state index contributed by atoms with van der Waals surface area (Å²) in [6.45, 7) is 6.98. The van der Waals surface area contributed by atoms with E-state index in [1.807, 2.05) is 6.07 Å². The number of rotatable bonds is 4. The lowest BCUT2D eigenvalue weighted by Gasteiger charge is -2.12. The molecule has 0 heterocycles. The van der Waals surface area contributed by atoms with Crippen molar-refractivity contribution in [2.75, 3.05) is 11.6 Å². The first kappa shape index (κ1) is 15.6. The molecule has 0 unspecified atom stereocenters. The van der Waals surface area contributed by atoms with Gasteiger partial charge in [-0.3, -0.25) is 0 Å². The van der Waals surface area contributed by atoms with Crippen LogP contribution in [0.15, 0.2) is 41.3 Å². The SMILES string of the molecule is Cc1cc(C)c(CNc2cccc(S(C)(=O)=O)c2)cc1C. The van der Waals surface area contributed by atoms with Crippen LogP contribution in [0.3, 0.4) is 0 Å². The van der Waals surface area contributed by atoms with Gasteiger partial charge in [0.15, 0.2) is 9.84 Å². The summed E-state index contributed by atoms with van der Waals surface area (Å²) < 4.78 is 23.1. The second kappa shape index (κ2) is 5.90. The molecule has 0 fully saturated rings. The maximum atomic E-state index is 11.6. The van der Waals surface area contributed by atoms with Crippen LogP contribution in [0.5, 0.6) is 0 Å². The molecule has 2 aromatic rings. The molecular formula is C17H21NO2S. The van der Waals surface area contributed by atoms with Gasteiger partial charge < -0.3 is 5.32 Å². The molecule has 4 heteroatoms. The van der Waals surface area contributed by atoms with E-state index in [1.54, 1.807) is 18.2 Å². The second-order valence-electron chi connectivity index (χ2n) is 5.52. The molecule has 112 valence electrons. The Labute approximate surface area is 126 Å². The molecule has 3 nitrogen and oxygen atoms in total. The summed E-state index contributed by atoms with van der Waals surface area (Å²) in [4.78, 5) is 0.337. The zero-order chi connectivity index (χ0) is 15.6. The van der Waals surface area contributed by atoms with Crippen molar-refractivity contribution in [2.24, 2.45) is 0 Å². The first-order chi connectivity index (χ1) is 9.77. The van der Waals surface area contributed by atoms with Crippen LogP contribution in [-0.2, 0) is 16.4 Å². The highest BCUT2D eigenvalue weighted by Gasteiger charge is 2.07. The van der Waals surface area contributed by atoms with Gasteiger partial charge in [0.1, 0.15) is 0 Å². The Morgan fingerprint density at radius 2 is 1.62 bits per heavy atom. The molecule has 0 aliphatic heterocycles. The van der Waals surface area contributed by atoms with Gasteiger partial charge in [-0.15, -0.1) is 0 Å². The normalized spacial score (nSPS) is 11.4. The number of hydrogen-bond acceptors (Lipinski definition) is 3. The molecule has 0 radical (unpaired) electrons. The van der Waals surface area contributed by atoms with Crippen LogP contribution in [0.4, 0.5) is 5.69 Å². The van der Waals surface area contributed by atoms with E-state index >= 15 is 0 Å². The highest BCUT2D eigenvalue weighted by atomic mass is 32.2. The largest absolute Gasteiger partial charge is 0.381 e. The van der Waals surface area contributed by atoms with Gasteiger partial charge in [-0.1, -0.05) is 18.2 Å². The zero-order valence-electron chi connectivity index (χ0n) is 12.9. The van der Waals surface area contributed by atoms with Crippen molar-refractivity contribution < 1.29 is 8.42 Å². The van der Waals surface area contributed by atoms with Crippen molar-refractivity contribution in [1.82, 2.24) is 0 Å². The van der Waals surface area contributed by atoms with E-state index < -0.39 is 9.84 Å². The summed E-state index contributed by atoms with van der Waals surface area (Å²) in [6, 6.07) is 11.3. The van der Waals surface area contributed by atoms with Crippen LogP contribution in [0.25, 0.3) is 0 Å². The summed E-state index contributed by atoms with van der Waals surface area (Å²) in [6.07, 6.45) is 1.22. The van der Waals surface area contributed by atoms with Crippen molar-refractivity contribution in [1.29, 1.82) is 0 Å². The Hall–Kier alpha value is -1.81. The highest BCUT2D eigenvalue weighted by Crippen LogP contribution is 2.19. The van der Waals surface area contributed by atoms with Crippen molar-refractivity contribution in [3.63, 3.8) is 0 Å². The molecule has 0 spiro atoms. The number of aryl methyl sites for hydroxylation is 3. The molecule has 1 N–H and O–H groups in total. The third-order valence-corrected chi connectivity index (χ3v) is 4.81. The molecule has 0 aliphatic rings. The minimum atomic E-state index is -3.17. The average Bonchev–Trinajstić information content (AvgIpc) is 2.41. The third kappa shape index (κ3) is 3.85. The van der Waals surface area contributed by atoms with Gasteiger partial charge in [-0.2, -0.15) is 0 Å². The van der Waals surface area contributed by atoms with Crippen molar-refractivity contribution in [3.05, 3.63) is 58.7 Å². The lowest BCUT2D eigenvalue weighted by molar-refractivity contribution is 0.602. The fourth-order valence-electron chi connectivity index (χ4n) is 2.24. The fraction of sp³-hybridized carbons (Fsp3) is 0.294. The standard InChI is InChI=1S/C17H21NO2S/c1-12-8-14(3)15(9-13(12)2)11-18-16-6-5-7-17(10-16)21(4,19)20/h5-10,18H,11H2,1-4H3. The summed E-state index contributed by atoms with van der Waals surface area (Å²) in [7, 11) is -3.17. The molecule has 0 atom stereocenters. The minimum Gasteiger partial charge on any atom is -0.381 e. The molecule has 0 saturated carbocycles. The highest BCUT2D eigenvalue weighted by molar-refractivity contribution is 7.90. The maximum absolute atomic E-state index is 11.6. The first-order valence-electron chi connectivity index (χ1n) is 6.88. The lowest BCUT2D eigenvalue weighted by atomic mass is 10.0.